The van der Waals surface area contributed by atoms with Crippen molar-refractivity contribution in [3.05, 3.63) is 109 Å². The topological polar surface area (TPSA) is 112 Å². The number of rotatable bonds is 14. The van der Waals surface area contributed by atoms with Gasteiger partial charge >= 0.3 is 0 Å². The third kappa shape index (κ3) is 12.1. The number of nitrogens with two attached hydrogens (primary N) is 1. The number of anilines is 2. The van der Waals surface area contributed by atoms with Crippen molar-refractivity contribution < 1.29 is 14.3 Å². The van der Waals surface area contributed by atoms with Gasteiger partial charge in [0.1, 0.15) is 11.5 Å². The number of aromatic nitrogens is 2. The Morgan fingerprint density at radius 2 is 1.12 bits per heavy atom. The Bertz CT molecular complexity index is 1770. The Hall–Kier alpha value is -4.71. The van der Waals surface area contributed by atoms with Crippen molar-refractivity contribution in [1.29, 1.82) is 0 Å². The van der Waals surface area contributed by atoms with Crippen molar-refractivity contribution in [3.63, 3.8) is 0 Å². The van der Waals surface area contributed by atoms with E-state index in [1.165, 1.54) is 23.2 Å². The van der Waals surface area contributed by atoms with Gasteiger partial charge in [-0.25, -0.2) is 0 Å². The van der Waals surface area contributed by atoms with Crippen molar-refractivity contribution in [2.75, 3.05) is 89.5 Å². The van der Waals surface area contributed by atoms with Crippen molar-refractivity contribution in [2.24, 2.45) is 11.1 Å². The number of carbonyl (C=O) groups is 1. The number of benzene rings is 2. The van der Waals surface area contributed by atoms with Crippen LogP contribution in [0.4, 0.5) is 11.4 Å². The number of hydrogen-bond donors (Lipinski definition) is 2. The number of ether oxygens (including phenoxy) is 2. The highest BCUT2D eigenvalue weighted by molar-refractivity contribution is 5.82. The fraction of sp³-hybridized carbons (Fsp3) is 0.500. The average Bonchev–Trinajstić information content (AvgIpc) is 3.25. The van der Waals surface area contributed by atoms with Crippen LogP contribution < -0.4 is 30.3 Å². The maximum Gasteiger partial charge on any atom is 0.226 e. The molecule has 3 N–H and O–H groups in total. The van der Waals surface area contributed by atoms with E-state index in [4.69, 9.17) is 15.2 Å². The first-order valence-corrected chi connectivity index (χ1v) is 20.9. The van der Waals surface area contributed by atoms with Gasteiger partial charge in [0.05, 0.1) is 25.6 Å². The SMILES string of the molecule is COc1ccccc1N1CCN(C[C@@H](Cc2ccncc2)NC(=O)C2(C)CCCCC2)CC1.COc1ccccc1N1CCN(C[C@H](N)Cc2ccncc2)CC1. The quantitative estimate of drug-likeness (QED) is 0.166. The standard InChI is InChI=1S/C27H38N4O2.C19H26N4O/c1-27(12-6-3-7-13-27)26(32)29-23(20-22-10-14-28-15-11-22)21-30-16-18-31(19-17-30)24-8-4-5-9-25(24)33-2;1-24-19-5-3-2-4-18(19)23-12-10-22(11-13-23)15-17(20)14-16-6-8-21-9-7-16/h4-5,8-11,14-15,23H,3,6-7,12-13,16-21H2,1-2H3,(H,29,32);2-9,17H,10-15,20H2,1H3/t23-;17-/m11/s1. The molecule has 2 aromatic carbocycles. The average molecular weight is 777 g/mol. The summed E-state index contributed by atoms with van der Waals surface area (Å²) < 4.78 is 11.0. The zero-order valence-electron chi connectivity index (χ0n) is 34.4. The maximum atomic E-state index is 13.3. The van der Waals surface area contributed by atoms with Crippen LogP contribution in [0.3, 0.4) is 0 Å². The predicted molar refractivity (Wildman–Crippen MR) is 230 cm³/mol. The van der Waals surface area contributed by atoms with E-state index in [1.54, 1.807) is 14.2 Å². The zero-order chi connectivity index (χ0) is 39.9. The molecule has 0 unspecified atom stereocenters. The molecular weight excluding hydrogens is 713 g/mol. The molecule has 0 spiro atoms. The smallest absolute Gasteiger partial charge is 0.226 e. The Morgan fingerprint density at radius 3 is 1.61 bits per heavy atom. The minimum atomic E-state index is -0.225. The molecule has 57 heavy (non-hydrogen) atoms. The summed E-state index contributed by atoms with van der Waals surface area (Å²) in [5, 5.41) is 3.45. The van der Waals surface area contributed by atoms with Gasteiger partial charge in [-0.2, -0.15) is 0 Å². The first kappa shape index (κ1) is 41.9. The van der Waals surface area contributed by atoms with Gasteiger partial charge in [0.25, 0.3) is 0 Å². The molecule has 2 aliphatic heterocycles. The molecule has 2 atom stereocenters. The molecule has 1 amide bonds. The number of carbonyl (C=O) groups excluding carboxylic acids is 1. The van der Waals surface area contributed by atoms with E-state index in [2.05, 4.69) is 78.2 Å². The van der Waals surface area contributed by atoms with E-state index < -0.39 is 0 Å². The third-order valence-corrected chi connectivity index (χ3v) is 11.9. The summed E-state index contributed by atoms with van der Waals surface area (Å²) in [5.74, 6) is 2.10. The van der Waals surface area contributed by atoms with Gasteiger partial charge in [-0.05, 0) is 85.3 Å². The Kier molecular flexibility index (Phi) is 15.6. The molecule has 2 saturated heterocycles. The lowest BCUT2D eigenvalue weighted by Crippen LogP contribution is -2.54. The number of methoxy groups -OCH3 is 2. The molecule has 3 aliphatic rings. The lowest BCUT2D eigenvalue weighted by molar-refractivity contribution is -0.132. The Balaban J connectivity index is 0.000000203. The van der Waals surface area contributed by atoms with Crippen LogP contribution in [0, 0.1) is 5.41 Å². The predicted octanol–water partition coefficient (Wildman–Crippen LogP) is 5.69. The van der Waals surface area contributed by atoms with Crippen LogP contribution in [0.5, 0.6) is 11.5 Å². The first-order chi connectivity index (χ1) is 27.8. The second kappa shape index (κ2) is 21.2. The number of para-hydroxylation sites is 4. The third-order valence-electron chi connectivity index (χ3n) is 11.9. The van der Waals surface area contributed by atoms with Gasteiger partial charge in [0, 0.05) is 108 Å². The van der Waals surface area contributed by atoms with Gasteiger partial charge in [0.2, 0.25) is 5.91 Å². The molecule has 11 nitrogen and oxygen atoms in total. The van der Waals surface area contributed by atoms with Crippen molar-refractivity contribution in [3.8, 4) is 11.5 Å². The molecule has 7 rings (SSSR count). The highest BCUT2D eigenvalue weighted by atomic mass is 16.5. The second-order valence-electron chi connectivity index (χ2n) is 16.1. The molecule has 306 valence electrons. The number of hydrogen-bond acceptors (Lipinski definition) is 10. The van der Waals surface area contributed by atoms with Crippen molar-refractivity contribution in [2.45, 2.75) is 64.0 Å². The minimum Gasteiger partial charge on any atom is -0.495 e. The molecule has 1 aliphatic carbocycles. The van der Waals surface area contributed by atoms with Crippen LogP contribution in [0.15, 0.2) is 97.6 Å². The number of piperazine rings is 2. The van der Waals surface area contributed by atoms with Crippen LogP contribution in [0.1, 0.15) is 50.2 Å². The monoisotopic (exact) mass is 777 g/mol. The molecule has 2 aromatic heterocycles. The number of amides is 1. The second-order valence-corrected chi connectivity index (χ2v) is 16.1. The molecule has 1 saturated carbocycles. The van der Waals surface area contributed by atoms with E-state index >= 15 is 0 Å². The van der Waals surface area contributed by atoms with Gasteiger partial charge in [0.15, 0.2) is 0 Å². The molecule has 3 fully saturated rings. The summed E-state index contributed by atoms with van der Waals surface area (Å²) in [4.78, 5) is 31.2. The first-order valence-electron chi connectivity index (χ1n) is 20.9. The van der Waals surface area contributed by atoms with Crippen LogP contribution in [-0.2, 0) is 17.6 Å². The normalized spacial score (nSPS) is 18.5. The van der Waals surface area contributed by atoms with Gasteiger partial charge in [-0.15, -0.1) is 0 Å². The van der Waals surface area contributed by atoms with E-state index in [-0.39, 0.29) is 23.4 Å². The number of pyridine rings is 2. The lowest BCUT2D eigenvalue weighted by atomic mass is 9.75. The molecular formula is C46H64N8O3. The van der Waals surface area contributed by atoms with E-state index in [9.17, 15) is 4.79 Å². The lowest BCUT2D eigenvalue weighted by Gasteiger charge is -2.39. The summed E-state index contributed by atoms with van der Waals surface area (Å²) in [6.45, 7) is 11.9. The van der Waals surface area contributed by atoms with E-state index in [0.29, 0.717) is 0 Å². The summed E-state index contributed by atoms with van der Waals surface area (Å²) in [6.07, 6.45) is 14.6. The minimum absolute atomic E-state index is 0.0939. The molecule has 11 heteroatoms. The molecule has 0 radical (unpaired) electrons. The van der Waals surface area contributed by atoms with Gasteiger partial charge < -0.3 is 30.3 Å². The summed E-state index contributed by atoms with van der Waals surface area (Å²) in [5.41, 5.74) is 10.9. The van der Waals surface area contributed by atoms with E-state index in [0.717, 1.165) is 121 Å². The number of nitrogens with zero attached hydrogens (tertiary/aromatic N) is 6. The fourth-order valence-corrected chi connectivity index (χ4v) is 8.54. The van der Waals surface area contributed by atoms with E-state index in [1.807, 2.05) is 61.2 Å². The van der Waals surface area contributed by atoms with Gasteiger partial charge in [-0.3, -0.25) is 24.6 Å². The van der Waals surface area contributed by atoms with Crippen LogP contribution in [0.2, 0.25) is 0 Å². The fourth-order valence-electron chi connectivity index (χ4n) is 8.54. The summed E-state index contributed by atoms with van der Waals surface area (Å²) in [7, 11) is 3.46. The maximum absolute atomic E-state index is 13.3. The molecule has 4 heterocycles. The Morgan fingerprint density at radius 1 is 0.667 bits per heavy atom. The van der Waals surface area contributed by atoms with Crippen LogP contribution in [0.25, 0.3) is 0 Å². The van der Waals surface area contributed by atoms with Gasteiger partial charge in [-0.1, -0.05) is 50.5 Å². The Labute approximate surface area is 340 Å². The van der Waals surface area contributed by atoms with Crippen molar-refractivity contribution >= 4 is 17.3 Å². The zero-order valence-corrected chi connectivity index (χ0v) is 34.4. The summed E-state index contributed by atoms with van der Waals surface area (Å²) in [6, 6.07) is 24.9. The van der Waals surface area contributed by atoms with Crippen LogP contribution >= 0.6 is 0 Å². The molecule has 4 aromatic rings. The largest absolute Gasteiger partial charge is 0.495 e. The number of nitrogens with one attached hydrogen (secondary N) is 1. The van der Waals surface area contributed by atoms with Crippen LogP contribution in [-0.4, -0.2) is 117 Å². The van der Waals surface area contributed by atoms with Crippen molar-refractivity contribution in [1.82, 2.24) is 25.1 Å². The summed E-state index contributed by atoms with van der Waals surface area (Å²) >= 11 is 0. The highest BCUT2D eigenvalue weighted by Gasteiger charge is 2.36. The molecule has 0 bridgehead atoms. The highest BCUT2D eigenvalue weighted by Crippen LogP contribution is 2.36.